The molecular weight excluding hydrogens is 280 g/mol. The smallest absolute Gasteiger partial charge is 0.303 e. The van der Waals surface area contributed by atoms with Crippen LogP contribution in [-0.2, 0) is 14.8 Å². The number of hydrogen-bond donors (Lipinski definition) is 2. The molecule has 0 unspecified atom stereocenters. The number of nitriles is 1. The van der Waals surface area contributed by atoms with E-state index in [1.807, 2.05) is 6.07 Å². The van der Waals surface area contributed by atoms with E-state index < -0.39 is 16.0 Å². The van der Waals surface area contributed by atoms with Crippen LogP contribution in [0.1, 0.15) is 31.2 Å². The number of hydrogen-bond acceptors (Lipinski definition) is 4. The van der Waals surface area contributed by atoms with Crippen molar-refractivity contribution >= 4 is 16.0 Å². The largest absolute Gasteiger partial charge is 0.481 e. The zero-order chi connectivity index (χ0) is 15.0. The Morgan fingerprint density at radius 3 is 2.40 bits per heavy atom. The van der Waals surface area contributed by atoms with Crippen molar-refractivity contribution in [1.29, 1.82) is 5.26 Å². The molecule has 0 saturated heterocycles. The molecule has 0 atom stereocenters. The van der Waals surface area contributed by atoms with Crippen LogP contribution < -0.4 is 4.72 Å². The molecule has 108 valence electrons. The van der Waals surface area contributed by atoms with Gasteiger partial charge in [-0.2, -0.15) is 5.26 Å². The summed E-state index contributed by atoms with van der Waals surface area (Å²) in [5.41, 5.74) is 0.401. The highest BCUT2D eigenvalue weighted by Crippen LogP contribution is 2.10. The Kier molecular flexibility index (Phi) is 6.15. The Bertz CT molecular complexity index is 588. The molecule has 0 saturated carbocycles. The molecule has 0 aliphatic rings. The van der Waals surface area contributed by atoms with Gasteiger partial charge in [-0.05, 0) is 37.1 Å². The number of nitrogens with zero attached hydrogens (tertiary/aromatic N) is 1. The van der Waals surface area contributed by atoms with Gasteiger partial charge in [0.2, 0.25) is 10.0 Å². The number of nitrogens with one attached hydrogen (secondary N) is 1. The molecule has 7 heteroatoms. The number of sulfonamides is 1. The number of carboxylic acid groups (broad SMARTS) is 1. The van der Waals surface area contributed by atoms with Crippen molar-refractivity contribution in [2.45, 2.75) is 30.6 Å². The molecule has 0 spiro atoms. The van der Waals surface area contributed by atoms with Gasteiger partial charge in [0.05, 0.1) is 16.5 Å². The average molecular weight is 296 g/mol. The average Bonchev–Trinajstić information content (AvgIpc) is 2.42. The highest BCUT2D eigenvalue weighted by molar-refractivity contribution is 7.89. The van der Waals surface area contributed by atoms with Crippen LogP contribution in [0.4, 0.5) is 0 Å². The van der Waals surface area contributed by atoms with E-state index in [1.54, 1.807) is 0 Å². The molecule has 6 nitrogen and oxygen atoms in total. The monoisotopic (exact) mass is 296 g/mol. The Hall–Kier alpha value is -1.91. The number of unbranched alkanes of at least 4 members (excludes halogenated alkanes) is 2. The van der Waals surface area contributed by atoms with Gasteiger partial charge < -0.3 is 5.11 Å². The molecule has 1 aromatic rings. The lowest BCUT2D eigenvalue weighted by molar-refractivity contribution is -0.137. The van der Waals surface area contributed by atoms with E-state index in [2.05, 4.69) is 4.72 Å². The summed E-state index contributed by atoms with van der Waals surface area (Å²) in [5, 5.41) is 17.1. The predicted octanol–water partition coefficient (Wildman–Crippen LogP) is 1.48. The number of rotatable bonds is 8. The maximum atomic E-state index is 11.9. The van der Waals surface area contributed by atoms with Crippen molar-refractivity contribution in [2.75, 3.05) is 6.54 Å². The second kappa shape index (κ2) is 7.62. The Morgan fingerprint density at radius 1 is 1.20 bits per heavy atom. The third-order valence-electron chi connectivity index (χ3n) is 2.65. The summed E-state index contributed by atoms with van der Waals surface area (Å²) >= 11 is 0. The summed E-state index contributed by atoms with van der Waals surface area (Å²) in [6.07, 6.45) is 1.88. The first-order chi connectivity index (χ1) is 9.45. The molecule has 0 aromatic heterocycles. The van der Waals surface area contributed by atoms with Crippen LogP contribution in [0.3, 0.4) is 0 Å². The van der Waals surface area contributed by atoms with E-state index in [0.29, 0.717) is 24.8 Å². The molecule has 1 rings (SSSR count). The quantitative estimate of drug-likeness (QED) is 0.706. The van der Waals surface area contributed by atoms with Crippen LogP contribution in [0.15, 0.2) is 29.2 Å². The fourth-order valence-corrected chi connectivity index (χ4v) is 2.65. The second-order valence-corrected chi connectivity index (χ2v) is 6.01. The molecule has 2 N–H and O–H groups in total. The zero-order valence-corrected chi connectivity index (χ0v) is 11.7. The van der Waals surface area contributed by atoms with Gasteiger partial charge in [0.15, 0.2) is 0 Å². The Labute approximate surface area is 118 Å². The summed E-state index contributed by atoms with van der Waals surface area (Å²) in [6, 6.07) is 7.57. The van der Waals surface area contributed by atoms with Crippen LogP contribution in [0.5, 0.6) is 0 Å². The minimum atomic E-state index is -3.56. The fourth-order valence-electron chi connectivity index (χ4n) is 1.58. The summed E-state index contributed by atoms with van der Waals surface area (Å²) in [7, 11) is -3.56. The normalized spacial score (nSPS) is 10.9. The summed E-state index contributed by atoms with van der Waals surface area (Å²) < 4.78 is 26.2. The Morgan fingerprint density at radius 2 is 1.85 bits per heavy atom. The van der Waals surface area contributed by atoms with Gasteiger partial charge in [-0.3, -0.25) is 4.79 Å². The van der Waals surface area contributed by atoms with E-state index in [-0.39, 0.29) is 17.9 Å². The molecule has 20 heavy (non-hydrogen) atoms. The lowest BCUT2D eigenvalue weighted by atomic mass is 10.2. The molecule has 0 heterocycles. The van der Waals surface area contributed by atoms with Crippen LogP contribution >= 0.6 is 0 Å². The minimum Gasteiger partial charge on any atom is -0.481 e. The molecule has 1 aromatic carbocycles. The van der Waals surface area contributed by atoms with Gasteiger partial charge in [-0.25, -0.2) is 13.1 Å². The van der Waals surface area contributed by atoms with Gasteiger partial charge in [0, 0.05) is 13.0 Å². The van der Waals surface area contributed by atoms with Gasteiger partial charge >= 0.3 is 5.97 Å². The first-order valence-corrected chi connectivity index (χ1v) is 7.65. The highest BCUT2D eigenvalue weighted by Gasteiger charge is 2.12. The van der Waals surface area contributed by atoms with Crippen molar-refractivity contribution in [3.8, 4) is 6.07 Å². The van der Waals surface area contributed by atoms with Gasteiger partial charge in [0.1, 0.15) is 0 Å². The summed E-state index contributed by atoms with van der Waals surface area (Å²) in [6.45, 7) is 0.266. The Balaban J connectivity index is 2.41. The molecular formula is C13H16N2O4S. The molecule has 0 radical (unpaired) electrons. The third-order valence-corrected chi connectivity index (χ3v) is 4.13. The lowest BCUT2D eigenvalue weighted by Gasteiger charge is -2.06. The molecule has 0 aliphatic heterocycles. The first-order valence-electron chi connectivity index (χ1n) is 6.17. The summed E-state index contributed by atoms with van der Waals surface area (Å²) in [5.74, 6) is -0.844. The predicted molar refractivity (Wildman–Crippen MR) is 72.4 cm³/mol. The number of carboxylic acids is 1. The molecule has 0 fully saturated rings. The molecule has 0 bridgehead atoms. The van der Waals surface area contributed by atoms with Gasteiger partial charge in [0.25, 0.3) is 0 Å². The van der Waals surface area contributed by atoms with E-state index in [1.165, 1.54) is 24.3 Å². The zero-order valence-electron chi connectivity index (χ0n) is 10.9. The van der Waals surface area contributed by atoms with Gasteiger partial charge in [-0.1, -0.05) is 6.42 Å². The lowest BCUT2D eigenvalue weighted by Crippen LogP contribution is -2.24. The molecule has 0 aliphatic carbocycles. The SMILES string of the molecule is N#Cc1ccc(S(=O)(=O)NCCCCCC(=O)O)cc1. The fraction of sp³-hybridized carbons (Fsp3) is 0.385. The van der Waals surface area contributed by atoms with Crippen LogP contribution in [-0.4, -0.2) is 26.0 Å². The second-order valence-electron chi connectivity index (χ2n) is 4.24. The number of aliphatic carboxylic acids is 1. The summed E-state index contributed by atoms with van der Waals surface area (Å²) in [4.78, 5) is 10.4. The molecule has 0 amide bonds. The maximum absolute atomic E-state index is 11.9. The van der Waals surface area contributed by atoms with Crippen LogP contribution in [0, 0.1) is 11.3 Å². The van der Waals surface area contributed by atoms with Crippen LogP contribution in [0.25, 0.3) is 0 Å². The van der Waals surface area contributed by atoms with E-state index >= 15 is 0 Å². The standard InChI is InChI=1S/C13H16N2O4S/c14-10-11-5-7-12(8-6-11)20(18,19)15-9-3-1-2-4-13(16)17/h5-8,15H,1-4,9H2,(H,16,17). The van der Waals surface area contributed by atoms with Crippen molar-refractivity contribution < 1.29 is 18.3 Å². The minimum absolute atomic E-state index is 0.0996. The third kappa shape index (κ3) is 5.38. The van der Waals surface area contributed by atoms with E-state index in [9.17, 15) is 13.2 Å². The van der Waals surface area contributed by atoms with Gasteiger partial charge in [-0.15, -0.1) is 0 Å². The number of carbonyl (C=O) groups is 1. The number of benzene rings is 1. The first kappa shape index (κ1) is 16.1. The van der Waals surface area contributed by atoms with Crippen molar-refractivity contribution in [2.24, 2.45) is 0 Å². The maximum Gasteiger partial charge on any atom is 0.303 e. The van der Waals surface area contributed by atoms with E-state index in [4.69, 9.17) is 10.4 Å². The highest BCUT2D eigenvalue weighted by atomic mass is 32.2. The van der Waals surface area contributed by atoms with E-state index in [0.717, 1.165) is 0 Å². The van der Waals surface area contributed by atoms with Crippen molar-refractivity contribution in [3.05, 3.63) is 29.8 Å². The van der Waals surface area contributed by atoms with Crippen molar-refractivity contribution in [1.82, 2.24) is 4.72 Å². The topological polar surface area (TPSA) is 107 Å². The van der Waals surface area contributed by atoms with Crippen molar-refractivity contribution in [3.63, 3.8) is 0 Å². The van der Waals surface area contributed by atoms with Crippen LogP contribution in [0.2, 0.25) is 0 Å².